The van der Waals surface area contributed by atoms with E-state index in [0.29, 0.717) is 5.92 Å². The van der Waals surface area contributed by atoms with Gasteiger partial charge in [0.15, 0.2) is 0 Å². The molecular weight excluding hydrogens is 224 g/mol. The molecule has 3 rings (SSSR count). The lowest BCUT2D eigenvalue weighted by Crippen LogP contribution is -2.14. The Morgan fingerprint density at radius 1 is 1.39 bits per heavy atom. The summed E-state index contributed by atoms with van der Waals surface area (Å²) >= 11 is 0. The Bertz CT molecular complexity index is 528. The highest BCUT2D eigenvalue weighted by Crippen LogP contribution is 2.39. The third kappa shape index (κ3) is 2.29. The molecule has 0 unspecified atom stereocenters. The van der Waals surface area contributed by atoms with Gasteiger partial charge in [-0.1, -0.05) is 6.92 Å². The molecule has 1 N–H and O–H groups in total. The van der Waals surface area contributed by atoms with Crippen molar-refractivity contribution in [1.82, 2.24) is 20.1 Å². The predicted octanol–water partition coefficient (Wildman–Crippen LogP) is 2.25. The van der Waals surface area contributed by atoms with Crippen LogP contribution >= 0.6 is 0 Å². The Labute approximate surface area is 107 Å². The van der Waals surface area contributed by atoms with Crippen molar-refractivity contribution in [2.45, 2.75) is 32.2 Å². The lowest BCUT2D eigenvalue weighted by atomic mass is 10.2. The molecule has 0 aromatic carbocycles. The highest BCUT2D eigenvalue weighted by Gasteiger charge is 2.26. The predicted molar refractivity (Wildman–Crippen MR) is 70.7 cm³/mol. The molecule has 0 amide bonds. The maximum atomic E-state index is 4.67. The van der Waals surface area contributed by atoms with Crippen molar-refractivity contribution in [3.8, 4) is 5.69 Å². The van der Waals surface area contributed by atoms with Crippen molar-refractivity contribution in [2.24, 2.45) is 0 Å². The summed E-state index contributed by atoms with van der Waals surface area (Å²) in [5.41, 5.74) is 3.53. The number of aromatic nitrogens is 3. The van der Waals surface area contributed by atoms with Crippen LogP contribution in [0.4, 0.5) is 0 Å². The van der Waals surface area contributed by atoms with Crippen LogP contribution in [0, 0.1) is 0 Å². The quantitative estimate of drug-likeness (QED) is 0.874. The van der Waals surface area contributed by atoms with Crippen LogP contribution in [0.1, 0.15) is 36.9 Å². The topological polar surface area (TPSA) is 42.7 Å². The molecule has 0 spiro atoms. The summed E-state index contributed by atoms with van der Waals surface area (Å²) < 4.78 is 1.97. The van der Waals surface area contributed by atoms with Crippen LogP contribution in [0.3, 0.4) is 0 Å². The van der Waals surface area contributed by atoms with Crippen molar-refractivity contribution in [3.05, 3.63) is 42.0 Å². The number of hydrogen-bond donors (Lipinski definition) is 1. The molecule has 1 saturated carbocycles. The Morgan fingerprint density at radius 2 is 2.28 bits per heavy atom. The fourth-order valence-electron chi connectivity index (χ4n) is 2.11. The summed E-state index contributed by atoms with van der Waals surface area (Å²) in [6, 6.07) is 4.16. The van der Waals surface area contributed by atoms with Crippen molar-refractivity contribution in [2.75, 3.05) is 6.54 Å². The van der Waals surface area contributed by atoms with Crippen LogP contribution < -0.4 is 5.32 Å². The Balaban J connectivity index is 1.88. The fraction of sp³-hybridized carbons (Fsp3) is 0.429. The Morgan fingerprint density at radius 3 is 3.06 bits per heavy atom. The Hall–Kier alpha value is -1.68. The molecule has 0 atom stereocenters. The second-order valence-corrected chi connectivity index (χ2v) is 4.74. The molecule has 2 heterocycles. The lowest BCUT2D eigenvalue weighted by Gasteiger charge is -2.09. The molecule has 4 nitrogen and oxygen atoms in total. The molecule has 18 heavy (non-hydrogen) atoms. The van der Waals surface area contributed by atoms with Crippen molar-refractivity contribution >= 4 is 0 Å². The van der Waals surface area contributed by atoms with Crippen LogP contribution in [0.25, 0.3) is 5.69 Å². The number of hydrogen-bond acceptors (Lipinski definition) is 3. The highest BCUT2D eigenvalue weighted by molar-refractivity contribution is 5.38. The molecule has 94 valence electrons. The van der Waals surface area contributed by atoms with Gasteiger partial charge in [-0.25, -0.2) is 4.68 Å². The summed E-state index contributed by atoms with van der Waals surface area (Å²) in [7, 11) is 0. The minimum absolute atomic E-state index is 0.699. The third-order valence-corrected chi connectivity index (χ3v) is 3.30. The van der Waals surface area contributed by atoms with Gasteiger partial charge in [0.25, 0.3) is 0 Å². The number of rotatable bonds is 5. The van der Waals surface area contributed by atoms with E-state index in [1.54, 1.807) is 0 Å². The monoisotopic (exact) mass is 242 g/mol. The van der Waals surface area contributed by atoms with Gasteiger partial charge in [0.05, 0.1) is 11.4 Å². The zero-order valence-corrected chi connectivity index (χ0v) is 10.6. The van der Waals surface area contributed by atoms with Crippen molar-refractivity contribution < 1.29 is 0 Å². The van der Waals surface area contributed by atoms with Gasteiger partial charge in [-0.15, -0.1) is 0 Å². The van der Waals surface area contributed by atoms with Gasteiger partial charge in [0.2, 0.25) is 0 Å². The summed E-state index contributed by atoms with van der Waals surface area (Å²) in [4.78, 5) is 4.20. The minimum Gasteiger partial charge on any atom is -0.313 e. The van der Waals surface area contributed by atoms with E-state index in [4.69, 9.17) is 0 Å². The van der Waals surface area contributed by atoms with Gasteiger partial charge < -0.3 is 5.32 Å². The molecule has 4 heteroatoms. The summed E-state index contributed by atoms with van der Waals surface area (Å²) in [5.74, 6) is 0.699. The van der Waals surface area contributed by atoms with Gasteiger partial charge in [-0.2, -0.15) is 5.10 Å². The molecule has 1 aliphatic rings. The first-order chi connectivity index (χ1) is 8.88. The van der Waals surface area contributed by atoms with Gasteiger partial charge in [0, 0.05) is 36.6 Å². The summed E-state index contributed by atoms with van der Waals surface area (Å²) in [5, 5.41) is 8.01. The average Bonchev–Trinajstić information content (AvgIpc) is 3.15. The highest BCUT2D eigenvalue weighted by atomic mass is 15.3. The van der Waals surface area contributed by atoms with Crippen LogP contribution in [0.2, 0.25) is 0 Å². The van der Waals surface area contributed by atoms with E-state index in [1.165, 1.54) is 24.1 Å². The van der Waals surface area contributed by atoms with Gasteiger partial charge >= 0.3 is 0 Å². The zero-order valence-electron chi connectivity index (χ0n) is 10.6. The van der Waals surface area contributed by atoms with Crippen LogP contribution in [-0.4, -0.2) is 21.3 Å². The van der Waals surface area contributed by atoms with Crippen molar-refractivity contribution in [3.63, 3.8) is 0 Å². The normalized spacial score (nSPS) is 14.9. The standard InChI is InChI=1S/C14H18N4/c1-2-15-9-12-10-16-7-5-14(12)18-8-6-13(17-18)11-3-4-11/h5-8,10-11,15H,2-4,9H2,1H3. The first kappa shape index (κ1) is 11.4. The second-order valence-electron chi connectivity index (χ2n) is 4.74. The first-order valence-electron chi connectivity index (χ1n) is 6.58. The van der Waals surface area contributed by atoms with Crippen LogP contribution in [0.5, 0.6) is 0 Å². The SMILES string of the molecule is CCNCc1cnccc1-n1ccc(C2CC2)n1. The fourth-order valence-corrected chi connectivity index (χ4v) is 2.11. The molecule has 1 aliphatic carbocycles. The number of pyridine rings is 1. The molecule has 2 aromatic rings. The van der Waals surface area contributed by atoms with E-state index in [0.717, 1.165) is 18.8 Å². The van der Waals surface area contributed by atoms with Crippen LogP contribution in [-0.2, 0) is 6.54 Å². The minimum atomic E-state index is 0.699. The molecular formula is C14H18N4. The summed E-state index contributed by atoms with van der Waals surface area (Å²) in [6.07, 6.45) is 8.37. The lowest BCUT2D eigenvalue weighted by molar-refractivity contribution is 0.712. The summed E-state index contributed by atoms with van der Waals surface area (Å²) in [6.45, 7) is 3.90. The molecule has 0 radical (unpaired) electrons. The smallest absolute Gasteiger partial charge is 0.0721 e. The zero-order chi connectivity index (χ0) is 12.4. The first-order valence-corrected chi connectivity index (χ1v) is 6.58. The molecule has 1 fully saturated rings. The largest absolute Gasteiger partial charge is 0.313 e. The molecule has 0 saturated heterocycles. The van der Waals surface area contributed by atoms with Gasteiger partial charge in [0.1, 0.15) is 0 Å². The average molecular weight is 242 g/mol. The van der Waals surface area contributed by atoms with E-state index >= 15 is 0 Å². The van der Waals surface area contributed by atoms with E-state index in [2.05, 4.69) is 34.6 Å². The van der Waals surface area contributed by atoms with E-state index in [9.17, 15) is 0 Å². The van der Waals surface area contributed by atoms with Gasteiger partial charge in [-0.05, 0) is 31.5 Å². The van der Waals surface area contributed by atoms with E-state index in [1.807, 2.05) is 23.1 Å². The molecule has 0 bridgehead atoms. The van der Waals surface area contributed by atoms with E-state index < -0.39 is 0 Å². The molecule has 0 aliphatic heterocycles. The van der Waals surface area contributed by atoms with Gasteiger partial charge in [-0.3, -0.25) is 4.98 Å². The molecule has 2 aromatic heterocycles. The van der Waals surface area contributed by atoms with E-state index in [-0.39, 0.29) is 0 Å². The van der Waals surface area contributed by atoms with Crippen LogP contribution in [0.15, 0.2) is 30.7 Å². The number of nitrogens with zero attached hydrogens (tertiary/aromatic N) is 3. The maximum Gasteiger partial charge on any atom is 0.0721 e. The third-order valence-electron chi connectivity index (χ3n) is 3.30. The van der Waals surface area contributed by atoms with Crippen molar-refractivity contribution in [1.29, 1.82) is 0 Å². The Kier molecular flexibility index (Phi) is 3.11. The number of nitrogens with one attached hydrogen (secondary N) is 1. The maximum absolute atomic E-state index is 4.67. The second kappa shape index (κ2) is 4.90.